The van der Waals surface area contributed by atoms with Crippen LogP contribution in [0.3, 0.4) is 0 Å². The highest BCUT2D eigenvalue weighted by molar-refractivity contribution is 4.83. The van der Waals surface area contributed by atoms with Gasteiger partial charge in [0, 0.05) is 18.6 Å². The molecule has 0 bridgehead atoms. The van der Waals surface area contributed by atoms with E-state index in [1.807, 2.05) is 0 Å². The first kappa shape index (κ1) is 14.9. The number of aliphatic hydroxyl groups excluding tert-OH is 1. The van der Waals surface area contributed by atoms with E-state index in [2.05, 4.69) is 27.7 Å². The molecule has 0 aliphatic rings. The van der Waals surface area contributed by atoms with Crippen molar-refractivity contribution in [3.63, 3.8) is 0 Å². The minimum atomic E-state index is -0.0369. The fourth-order valence-electron chi connectivity index (χ4n) is 2.50. The average molecular weight is 215 g/mol. The lowest BCUT2D eigenvalue weighted by Gasteiger charge is -2.35. The Morgan fingerprint density at radius 3 is 1.93 bits per heavy atom. The molecule has 0 aliphatic heterocycles. The van der Waals surface area contributed by atoms with Gasteiger partial charge in [-0.3, -0.25) is 0 Å². The predicted molar refractivity (Wildman–Crippen MR) is 66.7 cm³/mol. The van der Waals surface area contributed by atoms with Crippen molar-refractivity contribution in [1.29, 1.82) is 0 Å². The first-order chi connectivity index (χ1) is 7.03. The molecule has 0 saturated carbocycles. The van der Waals surface area contributed by atoms with Gasteiger partial charge in [0.15, 0.2) is 0 Å². The van der Waals surface area contributed by atoms with Crippen LogP contribution in [0, 0.1) is 17.3 Å². The summed E-state index contributed by atoms with van der Waals surface area (Å²) in [7, 11) is 0. The molecule has 0 saturated heterocycles. The first-order valence-corrected chi connectivity index (χ1v) is 6.34. The van der Waals surface area contributed by atoms with Gasteiger partial charge in [0.1, 0.15) is 0 Å². The van der Waals surface area contributed by atoms with Crippen LogP contribution in [-0.2, 0) is 0 Å². The van der Waals surface area contributed by atoms with Gasteiger partial charge in [0.25, 0.3) is 0 Å². The van der Waals surface area contributed by atoms with Crippen LogP contribution in [0.5, 0.6) is 0 Å². The Bertz CT molecular complexity index is 149. The van der Waals surface area contributed by atoms with Gasteiger partial charge in [-0.2, -0.15) is 0 Å². The van der Waals surface area contributed by atoms with Crippen LogP contribution in [0.2, 0.25) is 0 Å². The van der Waals surface area contributed by atoms with Gasteiger partial charge < -0.3 is 10.8 Å². The molecule has 2 heteroatoms. The molecular formula is C13H29NO. The molecular weight excluding hydrogens is 186 g/mol. The molecule has 0 radical (unpaired) electrons. The van der Waals surface area contributed by atoms with Crippen LogP contribution in [0.15, 0.2) is 0 Å². The van der Waals surface area contributed by atoms with E-state index in [9.17, 15) is 5.11 Å². The number of hydrogen-bond donors (Lipinski definition) is 2. The van der Waals surface area contributed by atoms with Gasteiger partial charge in [-0.1, -0.05) is 40.5 Å². The summed E-state index contributed by atoms with van der Waals surface area (Å²) >= 11 is 0. The maximum atomic E-state index is 9.59. The first-order valence-electron chi connectivity index (χ1n) is 6.34. The molecule has 0 aromatic heterocycles. The van der Waals surface area contributed by atoms with Crippen molar-refractivity contribution in [1.82, 2.24) is 0 Å². The van der Waals surface area contributed by atoms with Crippen molar-refractivity contribution >= 4 is 0 Å². The maximum absolute atomic E-state index is 9.59. The quantitative estimate of drug-likeness (QED) is 0.654. The molecule has 15 heavy (non-hydrogen) atoms. The van der Waals surface area contributed by atoms with Crippen LogP contribution in [0.25, 0.3) is 0 Å². The molecule has 0 heterocycles. The summed E-state index contributed by atoms with van der Waals surface area (Å²) in [5, 5.41) is 9.59. The number of hydrogen-bond acceptors (Lipinski definition) is 2. The molecule has 2 nitrogen and oxygen atoms in total. The molecule has 0 spiro atoms. The van der Waals surface area contributed by atoms with Crippen molar-refractivity contribution in [2.24, 2.45) is 23.0 Å². The highest BCUT2D eigenvalue weighted by Crippen LogP contribution is 2.34. The van der Waals surface area contributed by atoms with Gasteiger partial charge in [-0.25, -0.2) is 0 Å². The summed E-state index contributed by atoms with van der Waals surface area (Å²) in [6.45, 7) is 9.70. The zero-order chi connectivity index (χ0) is 11.9. The van der Waals surface area contributed by atoms with Crippen molar-refractivity contribution < 1.29 is 5.11 Å². The summed E-state index contributed by atoms with van der Waals surface area (Å²) in [6, 6.07) is 0. The molecule has 1 unspecified atom stereocenters. The Morgan fingerprint density at radius 2 is 1.67 bits per heavy atom. The number of aliphatic hydroxyl groups is 1. The Morgan fingerprint density at radius 1 is 1.13 bits per heavy atom. The second-order valence-electron chi connectivity index (χ2n) is 5.35. The molecule has 0 fully saturated rings. The SMILES string of the molecule is CCC(CC)CC(CN)(CO)CC(C)C. The maximum Gasteiger partial charge on any atom is 0.0499 e. The molecule has 0 aromatic rings. The van der Waals surface area contributed by atoms with Crippen LogP contribution in [-0.4, -0.2) is 18.3 Å². The van der Waals surface area contributed by atoms with E-state index in [0.29, 0.717) is 18.4 Å². The predicted octanol–water partition coefficient (Wildman–Crippen LogP) is 2.80. The largest absolute Gasteiger partial charge is 0.396 e. The van der Waals surface area contributed by atoms with Gasteiger partial charge in [0.2, 0.25) is 0 Å². The zero-order valence-electron chi connectivity index (χ0n) is 10.9. The minimum absolute atomic E-state index is 0.0369. The molecule has 3 N–H and O–H groups in total. The third-order valence-electron chi connectivity index (χ3n) is 3.49. The van der Waals surface area contributed by atoms with E-state index in [1.165, 1.54) is 12.8 Å². The van der Waals surface area contributed by atoms with Gasteiger partial charge in [0.05, 0.1) is 0 Å². The second-order valence-corrected chi connectivity index (χ2v) is 5.35. The standard InChI is InChI=1S/C13H29NO/c1-5-12(6-2)8-13(9-14,10-15)7-11(3)4/h11-12,15H,5-10,14H2,1-4H3. The van der Waals surface area contributed by atoms with Gasteiger partial charge >= 0.3 is 0 Å². The highest BCUT2D eigenvalue weighted by atomic mass is 16.3. The van der Waals surface area contributed by atoms with E-state index in [0.717, 1.165) is 12.8 Å². The lowest BCUT2D eigenvalue weighted by Crippen LogP contribution is -2.37. The Balaban J connectivity index is 4.47. The Kier molecular flexibility index (Phi) is 7.20. The van der Waals surface area contributed by atoms with Crippen molar-refractivity contribution in [2.45, 2.75) is 53.4 Å². The van der Waals surface area contributed by atoms with E-state index < -0.39 is 0 Å². The Hall–Kier alpha value is -0.0800. The van der Waals surface area contributed by atoms with Gasteiger partial charge in [-0.15, -0.1) is 0 Å². The van der Waals surface area contributed by atoms with E-state index in [4.69, 9.17) is 5.73 Å². The third kappa shape index (κ3) is 4.98. The Labute approximate surface area is 95.3 Å². The summed E-state index contributed by atoms with van der Waals surface area (Å²) in [6.07, 6.45) is 4.49. The van der Waals surface area contributed by atoms with E-state index in [-0.39, 0.29) is 12.0 Å². The summed E-state index contributed by atoms with van der Waals surface area (Å²) < 4.78 is 0. The second kappa shape index (κ2) is 7.24. The smallest absolute Gasteiger partial charge is 0.0499 e. The summed E-state index contributed by atoms with van der Waals surface area (Å²) in [4.78, 5) is 0. The fraction of sp³-hybridized carbons (Fsp3) is 1.00. The van der Waals surface area contributed by atoms with Crippen LogP contribution >= 0.6 is 0 Å². The molecule has 0 amide bonds. The number of nitrogens with two attached hydrogens (primary N) is 1. The molecule has 92 valence electrons. The normalized spacial score (nSPS) is 16.0. The van der Waals surface area contributed by atoms with E-state index >= 15 is 0 Å². The fourth-order valence-corrected chi connectivity index (χ4v) is 2.50. The molecule has 0 aromatic carbocycles. The third-order valence-corrected chi connectivity index (χ3v) is 3.49. The molecule has 0 rings (SSSR count). The van der Waals surface area contributed by atoms with Crippen molar-refractivity contribution in [3.05, 3.63) is 0 Å². The van der Waals surface area contributed by atoms with Crippen LogP contribution in [0.4, 0.5) is 0 Å². The number of rotatable bonds is 8. The lowest BCUT2D eigenvalue weighted by atomic mass is 9.73. The minimum Gasteiger partial charge on any atom is -0.396 e. The molecule has 1 atom stereocenters. The summed E-state index contributed by atoms with van der Waals surface area (Å²) in [5.41, 5.74) is 5.83. The average Bonchev–Trinajstić information content (AvgIpc) is 2.23. The molecule has 0 aliphatic carbocycles. The van der Waals surface area contributed by atoms with E-state index in [1.54, 1.807) is 0 Å². The van der Waals surface area contributed by atoms with Crippen LogP contribution < -0.4 is 5.73 Å². The van der Waals surface area contributed by atoms with Crippen molar-refractivity contribution in [3.8, 4) is 0 Å². The highest BCUT2D eigenvalue weighted by Gasteiger charge is 2.30. The summed E-state index contributed by atoms with van der Waals surface area (Å²) in [5.74, 6) is 1.31. The zero-order valence-corrected chi connectivity index (χ0v) is 10.9. The monoisotopic (exact) mass is 215 g/mol. The topological polar surface area (TPSA) is 46.2 Å². The lowest BCUT2D eigenvalue weighted by molar-refractivity contribution is 0.0786. The van der Waals surface area contributed by atoms with Gasteiger partial charge in [-0.05, 0) is 24.7 Å². The van der Waals surface area contributed by atoms with Crippen molar-refractivity contribution in [2.75, 3.05) is 13.2 Å². The van der Waals surface area contributed by atoms with Crippen LogP contribution in [0.1, 0.15) is 53.4 Å².